The van der Waals surface area contributed by atoms with Gasteiger partial charge in [-0.2, -0.15) is 0 Å². The van der Waals surface area contributed by atoms with Crippen molar-refractivity contribution in [3.8, 4) is 17.2 Å². The molecule has 7 rings (SSSR count). The van der Waals surface area contributed by atoms with Crippen LogP contribution in [0, 0.1) is 11.8 Å². The molecule has 2 amide bonds. The smallest absolute Gasteiger partial charge is 0.240 e. The number of hydrogen-bond acceptors (Lipinski definition) is 7. The molecule has 0 bridgehead atoms. The number of anilines is 1. The number of carbonyl (C=O) groups excluding carboxylic acids is 3. The third-order valence-electron chi connectivity index (χ3n) is 7.89. The Bertz CT molecular complexity index is 1510. The van der Waals surface area contributed by atoms with Crippen LogP contribution in [0.1, 0.15) is 27.5 Å². The third kappa shape index (κ3) is 3.19. The Morgan fingerprint density at radius 1 is 0.895 bits per heavy atom. The molecule has 4 aliphatic rings. The molecule has 0 saturated carbocycles. The van der Waals surface area contributed by atoms with Crippen LogP contribution in [0.25, 0.3) is 6.08 Å². The van der Waals surface area contributed by atoms with Crippen molar-refractivity contribution < 1.29 is 28.6 Å². The number of methoxy groups -OCH3 is 1. The Balaban J connectivity index is 1.33. The molecular weight excluding hydrogens is 484 g/mol. The van der Waals surface area contributed by atoms with Gasteiger partial charge in [0.05, 0.1) is 30.7 Å². The molecule has 4 atom stereocenters. The minimum atomic E-state index is -0.842. The summed E-state index contributed by atoms with van der Waals surface area (Å²) in [4.78, 5) is 45.3. The first-order valence-corrected chi connectivity index (χ1v) is 12.6. The summed E-state index contributed by atoms with van der Waals surface area (Å²) in [5, 5.41) is 0. The highest BCUT2D eigenvalue weighted by Gasteiger charge is 2.64. The zero-order valence-corrected chi connectivity index (χ0v) is 20.6. The van der Waals surface area contributed by atoms with Crippen molar-refractivity contribution in [1.29, 1.82) is 0 Å². The highest BCUT2D eigenvalue weighted by atomic mass is 16.6. The van der Waals surface area contributed by atoms with Crippen LogP contribution >= 0.6 is 0 Å². The van der Waals surface area contributed by atoms with Crippen LogP contribution in [0.2, 0.25) is 0 Å². The topological polar surface area (TPSA) is 85.4 Å². The average molecular weight is 509 g/mol. The Labute approximate surface area is 219 Å². The van der Waals surface area contributed by atoms with E-state index in [-0.39, 0.29) is 17.6 Å². The van der Waals surface area contributed by atoms with Gasteiger partial charge in [-0.3, -0.25) is 14.4 Å². The van der Waals surface area contributed by atoms with Gasteiger partial charge in [0, 0.05) is 17.8 Å². The Morgan fingerprint density at radius 2 is 1.63 bits per heavy atom. The molecule has 0 aromatic heterocycles. The predicted octanol–water partition coefficient (Wildman–Crippen LogP) is 3.86. The van der Waals surface area contributed by atoms with Gasteiger partial charge in [-0.1, -0.05) is 24.3 Å². The van der Waals surface area contributed by atoms with Crippen LogP contribution in [0.4, 0.5) is 5.69 Å². The Hall–Kier alpha value is -4.59. The van der Waals surface area contributed by atoms with Crippen molar-refractivity contribution in [3.05, 3.63) is 89.6 Å². The predicted molar refractivity (Wildman–Crippen MR) is 138 cm³/mol. The van der Waals surface area contributed by atoms with Crippen LogP contribution in [0.15, 0.2) is 72.9 Å². The van der Waals surface area contributed by atoms with Gasteiger partial charge in [0.2, 0.25) is 11.8 Å². The zero-order chi connectivity index (χ0) is 26.0. The monoisotopic (exact) mass is 508 g/mol. The molecule has 0 N–H and O–H groups in total. The number of carbonyl (C=O) groups is 3. The van der Waals surface area contributed by atoms with E-state index in [2.05, 4.69) is 0 Å². The third-order valence-corrected chi connectivity index (χ3v) is 7.89. The van der Waals surface area contributed by atoms with E-state index >= 15 is 0 Å². The summed E-state index contributed by atoms with van der Waals surface area (Å²) in [5.41, 5.74) is 2.78. The number of hydrogen-bond donors (Lipinski definition) is 0. The molecule has 0 unspecified atom stereocenters. The van der Waals surface area contributed by atoms with Crippen molar-refractivity contribution in [2.75, 3.05) is 25.2 Å². The first-order chi connectivity index (χ1) is 18.6. The molecular formula is C30H24N2O6. The van der Waals surface area contributed by atoms with Gasteiger partial charge in [0.25, 0.3) is 0 Å². The fourth-order valence-corrected chi connectivity index (χ4v) is 6.21. The van der Waals surface area contributed by atoms with Gasteiger partial charge in [-0.15, -0.1) is 0 Å². The number of ketones is 1. The maximum atomic E-state index is 14.1. The van der Waals surface area contributed by atoms with E-state index in [0.29, 0.717) is 41.7 Å². The highest BCUT2D eigenvalue weighted by Crippen LogP contribution is 2.54. The fraction of sp³-hybridized carbons (Fsp3) is 0.233. The zero-order valence-electron chi connectivity index (χ0n) is 20.6. The molecule has 0 aliphatic carbocycles. The second kappa shape index (κ2) is 8.48. The van der Waals surface area contributed by atoms with Gasteiger partial charge >= 0.3 is 0 Å². The van der Waals surface area contributed by atoms with Crippen molar-refractivity contribution in [1.82, 2.24) is 4.90 Å². The summed E-state index contributed by atoms with van der Waals surface area (Å²) in [6, 6.07) is 18.5. The number of nitrogens with zero attached hydrogens (tertiary/aromatic N) is 2. The molecule has 2 fully saturated rings. The summed E-state index contributed by atoms with van der Waals surface area (Å²) in [6.07, 6.45) is 3.79. The van der Waals surface area contributed by atoms with E-state index in [9.17, 15) is 14.4 Å². The number of ether oxygens (including phenoxy) is 3. The van der Waals surface area contributed by atoms with E-state index in [1.165, 1.54) is 4.90 Å². The maximum Gasteiger partial charge on any atom is 0.240 e. The SMILES string of the molecule is COc1ccc(C(=O)[C@@H]2[C@@H]3C(=O)N(c4ccc5c(c4)OCCO5)C(=O)[C@@H]3[C@H]3c4ccccc4C=CN23)cc1. The summed E-state index contributed by atoms with van der Waals surface area (Å²) in [7, 11) is 1.56. The normalized spacial score (nSPS) is 24.7. The molecule has 8 nitrogen and oxygen atoms in total. The molecule has 2 saturated heterocycles. The van der Waals surface area contributed by atoms with E-state index in [4.69, 9.17) is 14.2 Å². The van der Waals surface area contributed by atoms with E-state index < -0.39 is 23.9 Å². The number of Topliss-reactive ketones (excluding diaryl/α,β-unsaturated/α-hetero) is 1. The Morgan fingerprint density at radius 3 is 2.42 bits per heavy atom. The lowest BCUT2D eigenvalue weighted by atomic mass is 9.83. The van der Waals surface area contributed by atoms with Crippen LogP contribution in [-0.4, -0.2) is 48.9 Å². The number of rotatable bonds is 4. The van der Waals surface area contributed by atoms with Crippen LogP contribution < -0.4 is 19.1 Å². The lowest BCUT2D eigenvalue weighted by molar-refractivity contribution is -0.123. The lowest BCUT2D eigenvalue weighted by Crippen LogP contribution is -2.44. The van der Waals surface area contributed by atoms with Crippen molar-refractivity contribution in [3.63, 3.8) is 0 Å². The summed E-state index contributed by atoms with van der Waals surface area (Å²) < 4.78 is 16.6. The van der Waals surface area contributed by atoms with E-state index in [1.54, 1.807) is 49.6 Å². The second-order valence-electron chi connectivity index (χ2n) is 9.77. The number of fused-ring (bicyclic) bond motifs is 6. The molecule has 3 aromatic carbocycles. The van der Waals surface area contributed by atoms with Crippen LogP contribution in [-0.2, 0) is 9.59 Å². The van der Waals surface area contributed by atoms with Gasteiger partial charge < -0.3 is 19.1 Å². The molecule has 0 spiro atoms. The standard InChI is InChI=1S/C30H24N2O6/c1-36-20-9-6-18(7-10-20)28(33)27-25-24(26-21-5-3-2-4-17(21)12-13-31(26)27)29(34)32(30(25)35)19-8-11-22-23(16-19)38-15-14-37-22/h2-13,16,24-27H,14-15H2,1H3/t24-,25+,26+,27-/m0/s1. The summed E-state index contributed by atoms with van der Waals surface area (Å²) >= 11 is 0. The minimum Gasteiger partial charge on any atom is -0.497 e. The highest BCUT2D eigenvalue weighted by molar-refractivity contribution is 6.24. The molecule has 4 heterocycles. The minimum absolute atomic E-state index is 0.209. The molecule has 0 radical (unpaired) electrons. The van der Waals surface area contributed by atoms with Crippen LogP contribution in [0.5, 0.6) is 17.2 Å². The number of benzene rings is 3. The fourth-order valence-electron chi connectivity index (χ4n) is 6.21. The first kappa shape index (κ1) is 22.6. The molecule has 3 aromatic rings. The van der Waals surface area contributed by atoms with Gasteiger partial charge in [-0.25, -0.2) is 4.90 Å². The molecule has 38 heavy (non-hydrogen) atoms. The van der Waals surface area contributed by atoms with Gasteiger partial charge in [0.15, 0.2) is 17.3 Å². The van der Waals surface area contributed by atoms with Crippen molar-refractivity contribution in [2.24, 2.45) is 11.8 Å². The number of amides is 2. The van der Waals surface area contributed by atoms with Crippen LogP contribution in [0.3, 0.4) is 0 Å². The molecule has 190 valence electrons. The van der Waals surface area contributed by atoms with Crippen molar-refractivity contribution >= 4 is 29.4 Å². The largest absolute Gasteiger partial charge is 0.497 e. The molecule has 8 heteroatoms. The second-order valence-corrected chi connectivity index (χ2v) is 9.77. The van der Waals surface area contributed by atoms with Gasteiger partial charge in [-0.05, 0) is 53.6 Å². The summed E-state index contributed by atoms with van der Waals surface area (Å²) in [6.45, 7) is 0.833. The maximum absolute atomic E-state index is 14.1. The average Bonchev–Trinajstić information content (AvgIpc) is 3.44. The lowest BCUT2D eigenvalue weighted by Gasteiger charge is -2.35. The quantitative estimate of drug-likeness (QED) is 0.391. The molecule has 4 aliphatic heterocycles. The summed E-state index contributed by atoms with van der Waals surface area (Å²) in [5.74, 6) is -0.772. The van der Waals surface area contributed by atoms with E-state index in [1.807, 2.05) is 41.4 Å². The van der Waals surface area contributed by atoms with Crippen molar-refractivity contribution in [2.45, 2.75) is 12.1 Å². The Kier molecular flexibility index (Phi) is 5.04. The first-order valence-electron chi connectivity index (χ1n) is 12.6. The van der Waals surface area contributed by atoms with Gasteiger partial charge in [0.1, 0.15) is 25.0 Å². The number of imide groups is 1. The van der Waals surface area contributed by atoms with E-state index in [0.717, 1.165) is 11.1 Å².